The third-order valence-electron chi connectivity index (χ3n) is 4.85. The number of amides is 2. The van der Waals surface area contributed by atoms with Crippen molar-refractivity contribution in [3.8, 4) is 11.5 Å². The Morgan fingerprint density at radius 3 is 2.64 bits per heavy atom. The van der Waals surface area contributed by atoms with Gasteiger partial charge in [-0.1, -0.05) is 12.1 Å². The minimum atomic E-state index is -0.493. The van der Waals surface area contributed by atoms with Crippen LogP contribution in [0.3, 0.4) is 0 Å². The van der Waals surface area contributed by atoms with Crippen LogP contribution in [0, 0.1) is 5.82 Å². The van der Waals surface area contributed by atoms with E-state index in [0.717, 1.165) is 24.5 Å². The Morgan fingerprint density at radius 2 is 1.93 bits per heavy atom. The Balaban J connectivity index is 1.67. The lowest BCUT2D eigenvalue weighted by molar-refractivity contribution is -0.131. The van der Waals surface area contributed by atoms with Crippen molar-refractivity contribution >= 4 is 11.8 Å². The first-order chi connectivity index (χ1) is 13.5. The zero-order valence-corrected chi connectivity index (χ0v) is 15.9. The van der Waals surface area contributed by atoms with Gasteiger partial charge in [0.25, 0.3) is 5.91 Å². The van der Waals surface area contributed by atoms with Crippen LogP contribution in [0.15, 0.2) is 42.5 Å². The lowest BCUT2D eigenvalue weighted by Crippen LogP contribution is -2.39. The van der Waals surface area contributed by atoms with E-state index in [4.69, 9.17) is 9.47 Å². The molecule has 0 saturated carbocycles. The van der Waals surface area contributed by atoms with Gasteiger partial charge < -0.3 is 19.7 Å². The Hall–Kier alpha value is -3.09. The minimum absolute atomic E-state index is 0.0848. The van der Waals surface area contributed by atoms with Gasteiger partial charge in [-0.3, -0.25) is 9.59 Å². The average molecular weight is 386 g/mol. The molecular weight excluding hydrogens is 363 g/mol. The van der Waals surface area contributed by atoms with E-state index < -0.39 is 11.7 Å². The molecule has 2 aromatic rings. The van der Waals surface area contributed by atoms with Gasteiger partial charge in [-0.15, -0.1) is 0 Å². The zero-order valence-electron chi connectivity index (χ0n) is 15.9. The van der Waals surface area contributed by atoms with E-state index in [-0.39, 0.29) is 24.1 Å². The number of nitrogens with one attached hydrogen (secondary N) is 1. The molecule has 6 nitrogen and oxygen atoms in total. The highest BCUT2D eigenvalue weighted by Crippen LogP contribution is 2.36. The number of methoxy groups -OCH3 is 2. The molecule has 28 heavy (non-hydrogen) atoms. The van der Waals surface area contributed by atoms with Crippen LogP contribution in [0.5, 0.6) is 11.5 Å². The number of rotatable bonds is 6. The molecule has 148 valence electrons. The number of carbonyl (C=O) groups excluding carboxylic acids is 2. The Labute approximate surface area is 163 Å². The molecule has 0 aromatic heterocycles. The molecule has 3 rings (SSSR count). The maximum atomic E-state index is 13.3. The predicted molar refractivity (Wildman–Crippen MR) is 102 cm³/mol. The smallest absolute Gasteiger partial charge is 0.251 e. The molecule has 7 heteroatoms. The van der Waals surface area contributed by atoms with E-state index in [1.54, 1.807) is 19.1 Å². The molecule has 1 aliphatic rings. The van der Waals surface area contributed by atoms with Crippen molar-refractivity contribution in [2.45, 2.75) is 18.9 Å². The number of halogens is 1. The van der Waals surface area contributed by atoms with Crippen molar-refractivity contribution in [2.24, 2.45) is 0 Å². The molecule has 1 saturated heterocycles. The highest BCUT2D eigenvalue weighted by molar-refractivity contribution is 5.96. The third-order valence-corrected chi connectivity index (χ3v) is 4.85. The van der Waals surface area contributed by atoms with Crippen LogP contribution in [0.4, 0.5) is 4.39 Å². The van der Waals surface area contributed by atoms with Gasteiger partial charge in [0.2, 0.25) is 5.91 Å². The number of carbonyl (C=O) groups is 2. The predicted octanol–water partition coefficient (Wildman–Crippen LogP) is 2.94. The van der Waals surface area contributed by atoms with Crippen LogP contribution in [0.1, 0.15) is 34.8 Å². The summed E-state index contributed by atoms with van der Waals surface area (Å²) in [5, 5.41) is 2.57. The summed E-state index contributed by atoms with van der Waals surface area (Å²) in [4.78, 5) is 26.6. The molecule has 1 heterocycles. The topological polar surface area (TPSA) is 67.9 Å². The van der Waals surface area contributed by atoms with Crippen molar-refractivity contribution in [2.75, 3.05) is 27.3 Å². The Bertz CT molecular complexity index is 871. The standard InChI is InChI=1S/C21H23FN2O4/c1-27-18-9-8-14(12-19(18)28-2)17-7-4-10-24(17)20(25)13-23-21(26)15-5-3-6-16(22)11-15/h3,5-6,8-9,11-12,17H,4,7,10,13H2,1-2H3,(H,23,26). The first-order valence-corrected chi connectivity index (χ1v) is 9.08. The Kier molecular flexibility index (Phi) is 6.13. The molecule has 0 bridgehead atoms. The van der Waals surface area contributed by atoms with E-state index in [0.29, 0.717) is 18.0 Å². The molecule has 1 aliphatic heterocycles. The largest absolute Gasteiger partial charge is 0.493 e. The summed E-state index contributed by atoms with van der Waals surface area (Å²) in [7, 11) is 3.14. The van der Waals surface area contributed by atoms with Crippen LogP contribution in [-0.4, -0.2) is 44.0 Å². The fourth-order valence-electron chi connectivity index (χ4n) is 3.46. The van der Waals surface area contributed by atoms with Crippen molar-refractivity contribution in [1.82, 2.24) is 10.2 Å². The van der Waals surface area contributed by atoms with Gasteiger partial charge in [0, 0.05) is 12.1 Å². The van der Waals surface area contributed by atoms with Gasteiger partial charge >= 0.3 is 0 Å². The molecular formula is C21H23FN2O4. The van der Waals surface area contributed by atoms with Gasteiger partial charge in [0.1, 0.15) is 5.82 Å². The summed E-state index contributed by atoms with van der Waals surface area (Å²) in [5.41, 5.74) is 1.14. The minimum Gasteiger partial charge on any atom is -0.493 e. The number of hydrogen-bond donors (Lipinski definition) is 1. The first kappa shape index (κ1) is 19.7. The summed E-state index contributed by atoms with van der Waals surface area (Å²) in [6.07, 6.45) is 1.71. The summed E-state index contributed by atoms with van der Waals surface area (Å²) < 4.78 is 23.9. The van der Waals surface area contributed by atoms with E-state index in [9.17, 15) is 14.0 Å². The van der Waals surface area contributed by atoms with Gasteiger partial charge in [-0.25, -0.2) is 4.39 Å². The van der Waals surface area contributed by atoms with Crippen LogP contribution >= 0.6 is 0 Å². The van der Waals surface area contributed by atoms with Gasteiger partial charge in [-0.05, 0) is 48.7 Å². The van der Waals surface area contributed by atoms with E-state index >= 15 is 0 Å². The van der Waals surface area contributed by atoms with Gasteiger partial charge in [-0.2, -0.15) is 0 Å². The molecule has 1 unspecified atom stereocenters. The molecule has 2 amide bonds. The quantitative estimate of drug-likeness (QED) is 0.829. The summed E-state index contributed by atoms with van der Waals surface area (Å²) in [5.74, 6) is 0.0898. The van der Waals surface area contributed by atoms with Crippen LogP contribution < -0.4 is 14.8 Å². The van der Waals surface area contributed by atoms with Crippen molar-refractivity contribution < 1.29 is 23.5 Å². The SMILES string of the molecule is COc1ccc(C2CCCN2C(=O)CNC(=O)c2cccc(F)c2)cc1OC. The molecule has 2 aromatic carbocycles. The average Bonchev–Trinajstić information content (AvgIpc) is 3.21. The zero-order chi connectivity index (χ0) is 20.1. The second kappa shape index (κ2) is 8.73. The monoisotopic (exact) mass is 386 g/mol. The third kappa shape index (κ3) is 4.24. The lowest BCUT2D eigenvalue weighted by Gasteiger charge is -2.26. The van der Waals surface area contributed by atoms with Gasteiger partial charge in [0.05, 0.1) is 26.8 Å². The molecule has 1 fully saturated rings. The lowest BCUT2D eigenvalue weighted by atomic mass is 10.0. The normalized spacial score (nSPS) is 16.0. The van der Waals surface area contributed by atoms with Crippen LogP contribution in [0.2, 0.25) is 0 Å². The molecule has 0 aliphatic carbocycles. The summed E-state index contributed by atoms with van der Waals surface area (Å²) >= 11 is 0. The number of nitrogens with zero attached hydrogens (tertiary/aromatic N) is 1. The van der Waals surface area contributed by atoms with E-state index in [2.05, 4.69) is 5.32 Å². The fourth-order valence-corrected chi connectivity index (χ4v) is 3.46. The van der Waals surface area contributed by atoms with E-state index in [1.807, 2.05) is 18.2 Å². The van der Waals surface area contributed by atoms with Crippen LogP contribution in [-0.2, 0) is 4.79 Å². The second-order valence-corrected chi connectivity index (χ2v) is 6.55. The highest BCUT2D eigenvalue weighted by Gasteiger charge is 2.30. The summed E-state index contributed by atoms with van der Waals surface area (Å²) in [6.45, 7) is 0.479. The molecule has 1 atom stereocenters. The van der Waals surface area contributed by atoms with Crippen molar-refractivity contribution in [3.63, 3.8) is 0 Å². The maximum absolute atomic E-state index is 13.3. The number of benzene rings is 2. The molecule has 0 spiro atoms. The number of ether oxygens (including phenoxy) is 2. The van der Waals surface area contributed by atoms with E-state index in [1.165, 1.54) is 18.2 Å². The molecule has 0 radical (unpaired) electrons. The van der Waals surface area contributed by atoms with Gasteiger partial charge in [0.15, 0.2) is 11.5 Å². The fraction of sp³-hybridized carbons (Fsp3) is 0.333. The first-order valence-electron chi connectivity index (χ1n) is 9.08. The van der Waals surface area contributed by atoms with Crippen molar-refractivity contribution in [1.29, 1.82) is 0 Å². The maximum Gasteiger partial charge on any atom is 0.251 e. The Morgan fingerprint density at radius 1 is 1.14 bits per heavy atom. The number of hydrogen-bond acceptors (Lipinski definition) is 4. The second-order valence-electron chi connectivity index (χ2n) is 6.55. The molecule has 1 N–H and O–H groups in total. The van der Waals surface area contributed by atoms with Crippen LogP contribution in [0.25, 0.3) is 0 Å². The highest BCUT2D eigenvalue weighted by atomic mass is 19.1. The summed E-state index contributed by atoms with van der Waals surface area (Å²) in [6, 6.07) is 10.9. The van der Waals surface area contributed by atoms with Crippen molar-refractivity contribution in [3.05, 3.63) is 59.4 Å². The number of likely N-dealkylation sites (tertiary alicyclic amines) is 1.